The van der Waals surface area contributed by atoms with Crippen LogP contribution in [-0.2, 0) is 14.3 Å². The smallest absolute Gasteiger partial charge is 0.311 e. The van der Waals surface area contributed by atoms with Crippen molar-refractivity contribution < 1.29 is 14.3 Å². The maximum absolute atomic E-state index is 11.5. The summed E-state index contributed by atoms with van der Waals surface area (Å²) in [6, 6.07) is 0. The Morgan fingerprint density at radius 3 is 3.15 bits per heavy atom. The summed E-state index contributed by atoms with van der Waals surface area (Å²) in [5.74, 6) is -0.140. The van der Waals surface area contributed by atoms with Gasteiger partial charge in [0.1, 0.15) is 0 Å². The van der Waals surface area contributed by atoms with Crippen LogP contribution in [0.5, 0.6) is 0 Å². The van der Waals surface area contributed by atoms with E-state index in [0.717, 1.165) is 19.5 Å². The average molecular weight is 185 g/mol. The van der Waals surface area contributed by atoms with Crippen molar-refractivity contribution in [3.63, 3.8) is 0 Å². The van der Waals surface area contributed by atoms with Crippen LogP contribution in [0.25, 0.3) is 0 Å². The number of carbonyl (C=O) groups excluding carboxylic acids is 1. The van der Waals surface area contributed by atoms with Crippen LogP contribution >= 0.6 is 0 Å². The molecule has 4 heteroatoms. The molecule has 0 aromatic rings. The van der Waals surface area contributed by atoms with E-state index in [2.05, 4.69) is 5.32 Å². The predicted molar refractivity (Wildman–Crippen MR) is 46.3 cm³/mol. The third kappa shape index (κ3) is 1.69. The van der Waals surface area contributed by atoms with Crippen molar-refractivity contribution in [2.45, 2.75) is 25.6 Å². The van der Waals surface area contributed by atoms with Crippen LogP contribution in [0, 0.1) is 5.92 Å². The zero-order valence-electron chi connectivity index (χ0n) is 7.79. The Morgan fingerprint density at radius 2 is 2.46 bits per heavy atom. The van der Waals surface area contributed by atoms with Gasteiger partial charge in [0.2, 0.25) is 0 Å². The van der Waals surface area contributed by atoms with E-state index >= 15 is 0 Å². The summed E-state index contributed by atoms with van der Waals surface area (Å²) in [6.45, 7) is 3.94. The minimum absolute atomic E-state index is 0.0396. The van der Waals surface area contributed by atoms with Gasteiger partial charge in [-0.05, 0) is 13.3 Å². The fourth-order valence-electron chi connectivity index (χ4n) is 2.04. The van der Waals surface area contributed by atoms with Crippen molar-refractivity contribution in [3.8, 4) is 0 Å². The molecule has 0 saturated carbocycles. The van der Waals surface area contributed by atoms with Crippen molar-refractivity contribution >= 4 is 5.97 Å². The van der Waals surface area contributed by atoms with Gasteiger partial charge in [-0.3, -0.25) is 4.79 Å². The Bertz CT molecular complexity index is 207. The van der Waals surface area contributed by atoms with E-state index in [4.69, 9.17) is 9.47 Å². The molecule has 0 aliphatic carbocycles. The second-order valence-corrected chi connectivity index (χ2v) is 3.55. The molecule has 1 N–H and O–H groups in total. The second-order valence-electron chi connectivity index (χ2n) is 3.55. The van der Waals surface area contributed by atoms with Crippen molar-refractivity contribution in [2.24, 2.45) is 5.92 Å². The van der Waals surface area contributed by atoms with Crippen LogP contribution in [0.2, 0.25) is 0 Å². The van der Waals surface area contributed by atoms with Crippen LogP contribution in [-0.4, -0.2) is 37.9 Å². The number of ether oxygens (including phenoxy) is 2. The number of morpholine rings is 1. The van der Waals surface area contributed by atoms with Crippen LogP contribution in [0.3, 0.4) is 0 Å². The molecular weight excluding hydrogens is 170 g/mol. The van der Waals surface area contributed by atoms with Crippen LogP contribution in [0.15, 0.2) is 0 Å². The van der Waals surface area contributed by atoms with Gasteiger partial charge in [-0.2, -0.15) is 0 Å². The van der Waals surface area contributed by atoms with Gasteiger partial charge in [-0.1, -0.05) is 0 Å². The molecule has 0 unspecified atom stereocenters. The minimum Gasteiger partial charge on any atom is -0.466 e. The summed E-state index contributed by atoms with van der Waals surface area (Å²) in [4.78, 5) is 11.5. The molecule has 13 heavy (non-hydrogen) atoms. The Labute approximate surface area is 77.6 Å². The summed E-state index contributed by atoms with van der Waals surface area (Å²) >= 11 is 0. The van der Waals surface area contributed by atoms with E-state index in [1.807, 2.05) is 6.92 Å². The first-order valence-electron chi connectivity index (χ1n) is 4.84. The third-order valence-electron chi connectivity index (χ3n) is 2.64. The molecule has 2 bridgehead atoms. The second kappa shape index (κ2) is 3.64. The van der Waals surface area contributed by atoms with Gasteiger partial charge in [0.25, 0.3) is 0 Å². The molecule has 3 atom stereocenters. The van der Waals surface area contributed by atoms with Gasteiger partial charge in [0.05, 0.1) is 24.7 Å². The van der Waals surface area contributed by atoms with Crippen LogP contribution in [0.1, 0.15) is 13.3 Å². The summed E-state index contributed by atoms with van der Waals surface area (Å²) in [7, 11) is 0. The fraction of sp³-hybridized carbons (Fsp3) is 0.889. The lowest BCUT2D eigenvalue weighted by Crippen LogP contribution is -2.40. The first-order valence-corrected chi connectivity index (χ1v) is 4.84. The van der Waals surface area contributed by atoms with E-state index in [9.17, 15) is 4.79 Å². The van der Waals surface area contributed by atoms with E-state index < -0.39 is 0 Å². The Kier molecular flexibility index (Phi) is 2.51. The standard InChI is InChI=1S/C9H15NO3/c1-2-12-9(11)7-3-6-4-10-5-8(7)13-6/h6-8,10H,2-5H2,1H3/t6-,7-,8-/m1/s1. The van der Waals surface area contributed by atoms with Crippen molar-refractivity contribution in [2.75, 3.05) is 19.7 Å². The number of hydrogen-bond acceptors (Lipinski definition) is 4. The molecule has 0 aromatic carbocycles. The minimum atomic E-state index is -0.0984. The predicted octanol–water partition coefficient (Wildman–Crippen LogP) is -0.0736. The van der Waals surface area contributed by atoms with Gasteiger partial charge in [0, 0.05) is 13.1 Å². The lowest BCUT2D eigenvalue weighted by atomic mass is 10.0. The highest BCUT2D eigenvalue weighted by Crippen LogP contribution is 2.29. The number of carbonyl (C=O) groups is 1. The molecule has 0 aromatic heterocycles. The molecule has 2 saturated heterocycles. The molecule has 2 heterocycles. The van der Waals surface area contributed by atoms with Crippen molar-refractivity contribution in [1.29, 1.82) is 0 Å². The molecular formula is C9H15NO3. The molecule has 0 amide bonds. The highest BCUT2D eigenvalue weighted by molar-refractivity contribution is 5.73. The number of esters is 1. The molecule has 2 rings (SSSR count). The average Bonchev–Trinajstić information content (AvgIpc) is 2.42. The van der Waals surface area contributed by atoms with Gasteiger partial charge in [-0.15, -0.1) is 0 Å². The van der Waals surface area contributed by atoms with E-state index in [1.54, 1.807) is 0 Å². The Balaban J connectivity index is 1.96. The molecule has 0 spiro atoms. The summed E-state index contributed by atoms with van der Waals surface area (Å²) in [5.41, 5.74) is 0. The van der Waals surface area contributed by atoms with E-state index in [1.165, 1.54) is 0 Å². The largest absolute Gasteiger partial charge is 0.466 e. The van der Waals surface area contributed by atoms with E-state index in [0.29, 0.717) is 6.61 Å². The Hall–Kier alpha value is -0.610. The summed E-state index contributed by atoms with van der Waals surface area (Å²) in [5, 5.41) is 3.24. The molecule has 2 aliphatic heterocycles. The molecule has 0 radical (unpaired) electrons. The maximum atomic E-state index is 11.5. The van der Waals surface area contributed by atoms with Gasteiger partial charge >= 0.3 is 5.97 Å². The zero-order chi connectivity index (χ0) is 9.26. The number of fused-ring (bicyclic) bond motifs is 2. The van der Waals surface area contributed by atoms with Gasteiger partial charge in [-0.25, -0.2) is 0 Å². The number of hydrogen-bond donors (Lipinski definition) is 1. The number of rotatable bonds is 2. The summed E-state index contributed by atoms with van der Waals surface area (Å²) < 4.78 is 10.6. The topological polar surface area (TPSA) is 47.6 Å². The highest BCUT2D eigenvalue weighted by atomic mass is 16.5. The first-order chi connectivity index (χ1) is 6.31. The monoisotopic (exact) mass is 185 g/mol. The maximum Gasteiger partial charge on any atom is 0.311 e. The Morgan fingerprint density at radius 1 is 1.62 bits per heavy atom. The normalized spacial score (nSPS) is 37.5. The molecule has 4 nitrogen and oxygen atoms in total. The quantitative estimate of drug-likeness (QED) is 0.612. The molecule has 2 fully saturated rings. The number of nitrogens with one attached hydrogen (secondary N) is 1. The van der Waals surface area contributed by atoms with Crippen molar-refractivity contribution in [3.05, 3.63) is 0 Å². The lowest BCUT2D eigenvalue weighted by molar-refractivity contribution is -0.150. The lowest BCUT2D eigenvalue weighted by Gasteiger charge is -2.22. The highest BCUT2D eigenvalue weighted by Gasteiger charge is 2.42. The van der Waals surface area contributed by atoms with Crippen LogP contribution < -0.4 is 5.32 Å². The van der Waals surface area contributed by atoms with Gasteiger partial charge in [0.15, 0.2) is 0 Å². The van der Waals surface area contributed by atoms with Crippen LogP contribution in [0.4, 0.5) is 0 Å². The third-order valence-corrected chi connectivity index (χ3v) is 2.64. The fourth-order valence-corrected chi connectivity index (χ4v) is 2.04. The summed E-state index contributed by atoms with van der Waals surface area (Å²) in [6.07, 6.45) is 1.07. The van der Waals surface area contributed by atoms with Crippen molar-refractivity contribution in [1.82, 2.24) is 5.32 Å². The first kappa shape index (κ1) is 8.97. The van der Waals surface area contributed by atoms with E-state index in [-0.39, 0.29) is 24.1 Å². The molecule has 74 valence electrons. The zero-order valence-corrected chi connectivity index (χ0v) is 7.79. The SMILES string of the molecule is CCOC(=O)[C@@H]1C[C@@H]2CNC[C@H]1O2. The van der Waals surface area contributed by atoms with Gasteiger partial charge < -0.3 is 14.8 Å². The molecule has 2 aliphatic rings.